The van der Waals surface area contributed by atoms with E-state index in [1.54, 1.807) is 11.9 Å². The van der Waals surface area contributed by atoms with Crippen LogP contribution in [0.15, 0.2) is 0 Å². The smallest absolute Gasteiger partial charge is 0.315 e. The largest absolute Gasteiger partial charge is 0.380 e. The van der Waals surface area contributed by atoms with Crippen molar-refractivity contribution in [2.24, 2.45) is 5.41 Å². The van der Waals surface area contributed by atoms with Crippen LogP contribution in [0.3, 0.4) is 0 Å². The predicted molar refractivity (Wildman–Crippen MR) is 61.5 cm³/mol. The number of likely N-dealkylation sites (N-methyl/N-ethyl adjacent to an activating group) is 1. The molecule has 2 heterocycles. The van der Waals surface area contributed by atoms with E-state index in [-0.39, 0.29) is 23.4 Å². The Hall–Kier alpha value is -1.30. The molecule has 0 aromatic heterocycles. The van der Waals surface area contributed by atoms with E-state index >= 15 is 0 Å². The molecule has 17 heavy (non-hydrogen) atoms. The highest BCUT2D eigenvalue weighted by molar-refractivity contribution is 5.81. The molecule has 2 rings (SSSR count). The standard InChI is InChI=1S/C11H19N3O3/c1-11(6-17-7-11)5-12-10(16)13-8-3-9(15)14(2)4-8/h8H,3-7H2,1-2H3,(H2,12,13,16)/t8-/m0/s1. The maximum atomic E-state index is 11.6. The third kappa shape index (κ3) is 2.88. The molecule has 0 aromatic carbocycles. The van der Waals surface area contributed by atoms with E-state index < -0.39 is 0 Å². The Morgan fingerprint density at radius 1 is 1.59 bits per heavy atom. The van der Waals surface area contributed by atoms with Gasteiger partial charge in [0.2, 0.25) is 5.91 Å². The molecule has 2 aliphatic rings. The first-order valence-corrected chi connectivity index (χ1v) is 5.85. The van der Waals surface area contributed by atoms with Gasteiger partial charge in [-0.25, -0.2) is 4.79 Å². The van der Waals surface area contributed by atoms with Crippen molar-refractivity contribution in [3.05, 3.63) is 0 Å². The molecule has 6 heteroatoms. The van der Waals surface area contributed by atoms with E-state index in [9.17, 15) is 9.59 Å². The number of ether oxygens (including phenoxy) is 1. The van der Waals surface area contributed by atoms with Crippen LogP contribution in [0.1, 0.15) is 13.3 Å². The van der Waals surface area contributed by atoms with Crippen LogP contribution in [-0.4, -0.2) is 56.2 Å². The summed E-state index contributed by atoms with van der Waals surface area (Å²) in [7, 11) is 1.74. The van der Waals surface area contributed by atoms with Gasteiger partial charge < -0.3 is 20.3 Å². The number of nitrogens with one attached hydrogen (secondary N) is 2. The highest BCUT2D eigenvalue weighted by Gasteiger charge is 2.34. The topological polar surface area (TPSA) is 70.7 Å². The van der Waals surface area contributed by atoms with Crippen LogP contribution in [0.5, 0.6) is 0 Å². The van der Waals surface area contributed by atoms with Crippen LogP contribution in [0, 0.1) is 5.41 Å². The Labute approximate surface area is 101 Å². The number of hydrogen-bond acceptors (Lipinski definition) is 3. The van der Waals surface area contributed by atoms with Gasteiger partial charge in [-0.1, -0.05) is 6.92 Å². The maximum absolute atomic E-state index is 11.6. The summed E-state index contributed by atoms with van der Waals surface area (Å²) < 4.78 is 5.11. The number of hydrogen-bond donors (Lipinski definition) is 2. The van der Waals surface area contributed by atoms with E-state index in [4.69, 9.17) is 4.74 Å². The summed E-state index contributed by atoms with van der Waals surface area (Å²) in [6, 6.07) is -0.274. The quantitative estimate of drug-likeness (QED) is 0.703. The number of carbonyl (C=O) groups is 2. The predicted octanol–water partition coefficient (Wildman–Crippen LogP) is -0.447. The van der Waals surface area contributed by atoms with E-state index in [1.165, 1.54) is 0 Å². The fourth-order valence-electron chi connectivity index (χ4n) is 2.04. The van der Waals surface area contributed by atoms with Gasteiger partial charge in [0, 0.05) is 32.0 Å². The molecular weight excluding hydrogens is 222 g/mol. The summed E-state index contributed by atoms with van der Waals surface area (Å²) >= 11 is 0. The molecule has 0 unspecified atom stereocenters. The first-order chi connectivity index (χ1) is 7.98. The Bertz CT molecular complexity index is 328. The Morgan fingerprint density at radius 2 is 2.29 bits per heavy atom. The number of amides is 3. The van der Waals surface area contributed by atoms with Gasteiger partial charge in [-0.2, -0.15) is 0 Å². The van der Waals surface area contributed by atoms with Crippen LogP contribution in [0.2, 0.25) is 0 Å². The lowest BCUT2D eigenvalue weighted by molar-refractivity contribution is -0.126. The normalized spacial score (nSPS) is 26.6. The summed E-state index contributed by atoms with van der Waals surface area (Å²) in [5.74, 6) is 0.0784. The number of nitrogens with zero attached hydrogens (tertiary/aromatic N) is 1. The summed E-state index contributed by atoms with van der Waals surface area (Å²) in [4.78, 5) is 24.5. The second-order valence-electron chi connectivity index (χ2n) is 5.31. The van der Waals surface area contributed by atoms with E-state index in [1.807, 2.05) is 0 Å². The van der Waals surface area contributed by atoms with Crippen LogP contribution >= 0.6 is 0 Å². The zero-order valence-corrected chi connectivity index (χ0v) is 10.3. The molecule has 2 fully saturated rings. The van der Waals surface area contributed by atoms with Crippen molar-refractivity contribution < 1.29 is 14.3 Å². The van der Waals surface area contributed by atoms with Crippen molar-refractivity contribution in [2.45, 2.75) is 19.4 Å². The van der Waals surface area contributed by atoms with Gasteiger partial charge in [0.05, 0.1) is 19.3 Å². The minimum absolute atomic E-state index is 0.0691. The van der Waals surface area contributed by atoms with Gasteiger partial charge in [-0.05, 0) is 0 Å². The van der Waals surface area contributed by atoms with Gasteiger partial charge in [0.1, 0.15) is 0 Å². The number of rotatable bonds is 3. The van der Waals surface area contributed by atoms with Gasteiger partial charge in [0.15, 0.2) is 0 Å². The molecule has 6 nitrogen and oxygen atoms in total. The Balaban J connectivity index is 1.69. The second kappa shape index (κ2) is 4.52. The minimum Gasteiger partial charge on any atom is -0.380 e. The Morgan fingerprint density at radius 3 is 2.76 bits per heavy atom. The van der Waals surface area contributed by atoms with Gasteiger partial charge in [-0.15, -0.1) is 0 Å². The first-order valence-electron chi connectivity index (χ1n) is 5.85. The molecule has 0 spiro atoms. The zero-order chi connectivity index (χ0) is 12.5. The van der Waals surface area contributed by atoms with Crippen molar-refractivity contribution in [3.8, 4) is 0 Å². The monoisotopic (exact) mass is 241 g/mol. The summed E-state index contributed by atoms with van der Waals surface area (Å²) in [5.41, 5.74) is 0.0691. The van der Waals surface area contributed by atoms with Crippen molar-refractivity contribution in [1.82, 2.24) is 15.5 Å². The molecule has 0 saturated carbocycles. The SMILES string of the molecule is CN1C[C@@H](NC(=O)NCC2(C)COC2)CC1=O. The van der Waals surface area contributed by atoms with Crippen LogP contribution < -0.4 is 10.6 Å². The molecule has 0 radical (unpaired) electrons. The number of carbonyl (C=O) groups excluding carboxylic acids is 2. The molecule has 0 aliphatic carbocycles. The fraction of sp³-hybridized carbons (Fsp3) is 0.818. The summed E-state index contributed by atoms with van der Waals surface area (Å²) in [6.07, 6.45) is 0.393. The van der Waals surface area contributed by atoms with E-state index in [0.29, 0.717) is 32.7 Å². The van der Waals surface area contributed by atoms with E-state index in [2.05, 4.69) is 17.6 Å². The first kappa shape index (κ1) is 12.2. The van der Waals surface area contributed by atoms with Gasteiger partial charge in [-0.3, -0.25) is 4.79 Å². The van der Waals surface area contributed by atoms with Crippen LogP contribution in [-0.2, 0) is 9.53 Å². The van der Waals surface area contributed by atoms with Gasteiger partial charge >= 0.3 is 6.03 Å². The molecule has 2 aliphatic heterocycles. The highest BCUT2D eigenvalue weighted by Crippen LogP contribution is 2.24. The van der Waals surface area contributed by atoms with Gasteiger partial charge in [0.25, 0.3) is 0 Å². The van der Waals surface area contributed by atoms with Crippen molar-refractivity contribution in [1.29, 1.82) is 0 Å². The molecular formula is C11H19N3O3. The van der Waals surface area contributed by atoms with Crippen LogP contribution in [0.25, 0.3) is 0 Å². The lowest BCUT2D eigenvalue weighted by Crippen LogP contribution is -2.52. The maximum Gasteiger partial charge on any atom is 0.315 e. The molecule has 0 bridgehead atoms. The molecule has 0 aromatic rings. The van der Waals surface area contributed by atoms with Crippen molar-refractivity contribution >= 4 is 11.9 Å². The van der Waals surface area contributed by atoms with Crippen molar-refractivity contribution in [2.75, 3.05) is 33.4 Å². The molecule has 2 N–H and O–H groups in total. The minimum atomic E-state index is -0.203. The third-order valence-corrected chi connectivity index (χ3v) is 3.25. The van der Waals surface area contributed by atoms with Crippen LogP contribution in [0.4, 0.5) is 4.79 Å². The van der Waals surface area contributed by atoms with Crippen molar-refractivity contribution in [3.63, 3.8) is 0 Å². The molecule has 1 atom stereocenters. The average Bonchev–Trinajstić information content (AvgIpc) is 2.52. The zero-order valence-electron chi connectivity index (χ0n) is 10.3. The lowest BCUT2D eigenvalue weighted by Gasteiger charge is -2.38. The molecule has 96 valence electrons. The second-order valence-corrected chi connectivity index (χ2v) is 5.31. The third-order valence-electron chi connectivity index (χ3n) is 3.25. The Kier molecular flexibility index (Phi) is 3.24. The summed E-state index contributed by atoms with van der Waals surface area (Å²) in [6.45, 7) is 4.65. The lowest BCUT2D eigenvalue weighted by atomic mass is 9.89. The molecule has 2 saturated heterocycles. The highest BCUT2D eigenvalue weighted by atomic mass is 16.5. The summed E-state index contributed by atoms with van der Waals surface area (Å²) in [5, 5.41) is 5.63. The average molecular weight is 241 g/mol. The molecule has 3 amide bonds. The number of urea groups is 1. The fourth-order valence-corrected chi connectivity index (χ4v) is 2.04. The van der Waals surface area contributed by atoms with E-state index in [0.717, 1.165) is 0 Å². The number of likely N-dealkylation sites (tertiary alicyclic amines) is 1.